The van der Waals surface area contributed by atoms with Crippen LogP contribution < -0.4 is 5.32 Å². The second-order valence-corrected chi connectivity index (χ2v) is 7.49. The molecule has 3 heterocycles. The number of nitrogens with zero attached hydrogens (tertiary/aromatic N) is 5. The van der Waals surface area contributed by atoms with Crippen LogP contribution in [-0.2, 0) is 6.42 Å². The van der Waals surface area contributed by atoms with Gasteiger partial charge in [-0.2, -0.15) is 10.1 Å². The minimum atomic E-state index is 0.280. The molecule has 4 aromatic rings. The zero-order valence-corrected chi connectivity index (χ0v) is 15.7. The Morgan fingerprint density at radius 1 is 1.18 bits per heavy atom. The van der Waals surface area contributed by atoms with Crippen LogP contribution in [0, 0.1) is 0 Å². The molecule has 142 valence electrons. The normalized spacial score (nSPS) is 19.3. The molecule has 0 radical (unpaired) electrons. The highest BCUT2D eigenvalue weighted by Gasteiger charge is 2.30. The van der Waals surface area contributed by atoms with E-state index in [0.717, 1.165) is 52.5 Å². The number of aromatic amines is 1. The van der Waals surface area contributed by atoms with Gasteiger partial charge in [-0.15, -0.1) is 0 Å². The second kappa shape index (κ2) is 7.20. The van der Waals surface area contributed by atoms with Crippen molar-refractivity contribution in [1.29, 1.82) is 0 Å². The topological polar surface area (TPSA) is 105 Å². The molecule has 8 nitrogen and oxygen atoms in total. The zero-order valence-electron chi connectivity index (χ0n) is 15.0. The molecule has 2 N–H and O–H groups in total. The first-order valence-electron chi connectivity index (χ1n) is 9.22. The molecule has 5 rings (SSSR count). The summed E-state index contributed by atoms with van der Waals surface area (Å²) < 4.78 is 5.46. The van der Waals surface area contributed by atoms with E-state index in [1.54, 1.807) is 6.20 Å². The van der Waals surface area contributed by atoms with Gasteiger partial charge in [-0.1, -0.05) is 28.9 Å². The summed E-state index contributed by atoms with van der Waals surface area (Å²) in [4.78, 5) is 13.1. The van der Waals surface area contributed by atoms with Gasteiger partial charge >= 0.3 is 0 Å². The largest absolute Gasteiger partial charge is 0.367 e. The maximum absolute atomic E-state index is 5.93. The highest BCUT2D eigenvalue weighted by molar-refractivity contribution is 6.30. The number of halogens is 1. The predicted octanol–water partition coefficient (Wildman–Crippen LogP) is 3.73. The molecule has 0 amide bonds. The van der Waals surface area contributed by atoms with E-state index < -0.39 is 0 Å². The molecule has 1 aliphatic carbocycles. The summed E-state index contributed by atoms with van der Waals surface area (Å²) in [5.74, 6) is 2.50. The first kappa shape index (κ1) is 17.1. The van der Waals surface area contributed by atoms with Gasteiger partial charge < -0.3 is 9.84 Å². The second-order valence-electron chi connectivity index (χ2n) is 7.06. The number of hydrogen-bond acceptors (Lipinski definition) is 7. The van der Waals surface area contributed by atoms with Gasteiger partial charge in [-0.25, -0.2) is 9.97 Å². The summed E-state index contributed by atoms with van der Waals surface area (Å²) in [6, 6.07) is 7.98. The van der Waals surface area contributed by atoms with E-state index >= 15 is 0 Å². The minimum absolute atomic E-state index is 0.280. The Hall–Kier alpha value is -3.00. The van der Waals surface area contributed by atoms with E-state index in [1.165, 1.54) is 6.33 Å². The quantitative estimate of drug-likeness (QED) is 0.530. The third-order valence-corrected chi connectivity index (χ3v) is 5.39. The molecule has 9 heteroatoms. The third kappa shape index (κ3) is 3.43. The first-order valence-corrected chi connectivity index (χ1v) is 9.60. The average molecular weight is 396 g/mol. The highest BCUT2D eigenvalue weighted by atomic mass is 35.5. The summed E-state index contributed by atoms with van der Waals surface area (Å²) in [5, 5.41) is 16.2. The Morgan fingerprint density at radius 3 is 2.96 bits per heavy atom. The van der Waals surface area contributed by atoms with Gasteiger partial charge in [0.15, 0.2) is 11.5 Å². The molecular weight excluding hydrogens is 378 g/mol. The number of benzene rings is 1. The van der Waals surface area contributed by atoms with Gasteiger partial charge in [0.25, 0.3) is 0 Å². The minimum Gasteiger partial charge on any atom is -0.367 e. The molecule has 0 aliphatic heterocycles. The first-order chi connectivity index (χ1) is 13.7. The average Bonchev–Trinajstić information content (AvgIpc) is 3.44. The smallest absolute Gasteiger partial charge is 0.231 e. The van der Waals surface area contributed by atoms with Crippen LogP contribution in [0.1, 0.15) is 42.5 Å². The number of anilines is 1. The van der Waals surface area contributed by atoms with Gasteiger partial charge in [0, 0.05) is 17.0 Å². The Morgan fingerprint density at radius 2 is 2.07 bits per heavy atom. The van der Waals surface area contributed by atoms with Crippen molar-refractivity contribution in [2.75, 3.05) is 5.32 Å². The zero-order chi connectivity index (χ0) is 18.9. The predicted molar refractivity (Wildman–Crippen MR) is 104 cm³/mol. The van der Waals surface area contributed by atoms with Crippen molar-refractivity contribution in [2.24, 2.45) is 0 Å². The van der Waals surface area contributed by atoms with E-state index in [-0.39, 0.29) is 5.92 Å². The van der Waals surface area contributed by atoms with Crippen LogP contribution in [0.5, 0.6) is 0 Å². The molecule has 1 saturated carbocycles. The van der Waals surface area contributed by atoms with Crippen LogP contribution in [0.25, 0.3) is 11.0 Å². The Balaban J connectivity index is 1.24. The van der Waals surface area contributed by atoms with E-state index in [4.69, 9.17) is 16.1 Å². The summed E-state index contributed by atoms with van der Waals surface area (Å²) >= 11 is 5.93. The molecule has 1 fully saturated rings. The highest BCUT2D eigenvalue weighted by Crippen LogP contribution is 2.35. The van der Waals surface area contributed by atoms with E-state index in [2.05, 4.69) is 35.6 Å². The monoisotopic (exact) mass is 395 g/mol. The van der Waals surface area contributed by atoms with Crippen LogP contribution in [0.15, 0.2) is 41.3 Å². The molecule has 28 heavy (non-hydrogen) atoms. The summed E-state index contributed by atoms with van der Waals surface area (Å²) in [6.45, 7) is 0. The Kier molecular flexibility index (Phi) is 4.40. The number of hydrogen-bond donors (Lipinski definition) is 2. The fourth-order valence-corrected chi connectivity index (χ4v) is 3.83. The molecule has 1 aromatic carbocycles. The molecule has 1 aliphatic rings. The lowest BCUT2D eigenvalue weighted by molar-refractivity contribution is 0.375. The van der Waals surface area contributed by atoms with Crippen molar-refractivity contribution in [2.45, 2.75) is 37.6 Å². The Labute approximate surface area is 165 Å². The van der Waals surface area contributed by atoms with Crippen LogP contribution in [0.2, 0.25) is 5.02 Å². The molecule has 3 aromatic heterocycles. The molecular formula is C19H18ClN7O. The molecule has 0 spiro atoms. The standard InChI is InChI=1S/C19H18ClN7O/c20-13-4-1-11(2-5-13)7-16-25-17(27-28-16)12-3-6-14(8-12)24-18-15-9-23-26-19(15)22-10-21-18/h1-2,4-5,9-10,12,14H,3,6-8H2,(H2,21,22,23,24,26)/t12-,14-/m0/s1. The van der Waals surface area contributed by atoms with Crippen LogP contribution in [0.3, 0.4) is 0 Å². The summed E-state index contributed by atoms with van der Waals surface area (Å²) in [5.41, 5.74) is 1.83. The third-order valence-electron chi connectivity index (χ3n) is 5.14. The van der Waals surface area contributed by atoms with Crippen molar-refractivity contribution < 1.29 is 4.52 Å². The lowest BCUT2D eigenvalue weighted by atomic mass is 10.1. The summed E-state index contributed by atoms with van der Waals surface area (Å²) in [6.07, 6.45) is 6.86. The van der Waals surface area contributed by atoms with Crippen LogP contribution in [-0.4, -0.2) is 36.3 Å². The number of aromatic nitrogens is 6. The van der Waals surface area contributed by atoms with Gasteiger partial charge in [-0.05, 0) is 37.0 Å². The summed E-state index contributed by atoms with van der Waals surface area (Å²) in [7, 11) is 0. The molecule has 0 unspecified atom stereocenters. The number of rotatable bonds is 5. The molecule has 0 saturated heterocycles. The lowest BCUT2D eigenvalue weighted by Gasteiger charge is -2.13. The van der Waals surface area contributed by atoms with Crippen molar-refractivity contribution in [3.8, 4) is 0 Å². The van der Waals surface area contributed by atoms with E-state index in [1.807, 2.05) is 24.3 Å². The maximum atomic E-state index is 5.93. The van der Waals surface area contributed by atoms with E-state index in [0.29, 0.717) is 18.4 Å². The van der Waals surface area contributed by atoms with Gasteiger partial charge in [-0.3, -0.25) is 5.10 Å². The van der Waals surface area contributed by atoms with Crippen LogP contribution in [0.4, 0.5) is 5.82 Å². The van der Waals surface area contributed by atoms with Crippen molar-refractivity contribution in [1.82, 2.24) is 30.3 Å². The van der Waals surface area contributed by atoms with Crippen molar-refractivity contribution in [3.63, 3.8) is 0 Å². The lowest BCUT2D eigenvalue weighted by Crippen LogP contribution is -2.16. The van der Waals surface area contributed by atoms with Crippen molar-refractivity contribution in [3.05, 3.63) is 59.1 Å². The number of nitrogens with one attached hydrogen (secondary N) is 2. The fourth-order valence-electron chi connectivity index (χ4n) is 3.70. The SMILES string of the molecule is Clc1ccc(Cc2nc([C@H]3CC[C@H](Nc4ncnc5[nH]ncc45)C3)no2)cc1. The van der Waals surface area contributed by atoms with Gasteiger partial charge in [0.05, 0.1) is 18.0 Å². The molecule has 0 bridgehead atoms. The number of fused-ring (bicyclic) bond motifs is 1. The van der Waals surface area contributed by atoms with E-state index in [9.17, 15) is 0 Å². The van der Waals surface area contributed by atoms with Gasteiger partial charge in [0.1, 0.15) is 12.1 Å². The van der Waals surface area contributed by atoms with Crippen LogP contribution >= 0.6 is 11.6 Å². The Bertz CT molecular complexity index is 1090. The van der Waals surface area contributed by atoms with Gasteiger partial charge in [0.2, 0.25) is 5.89 Å². The fraction of sp³-hybridized carbons (Fsp3) is 0.316. The number of H-pyrrole nitrogens is 1. The van der Waals surface area contributed by atoms with Crippen molar-refractivity contribution >= 4 is 28.5 Å². The molecule has 2 atom stereocenters. The maximum Gasteiger partial charge on any atom is 0.231 e.